The number of nitrogens with zero attached hydrogens (tertiary/aromatic N) is 1. The number of pyridine rings is 1. The van der Waals surface area contributed by atoms with Gasteiger partial charge in [0.25, 0.3) is 0 Å². The van der Waals surface area contributed by atoms with E-state index in [0.29, 0.717) is 12.2 Å². The number of rotatable bonds is 4. The second-order valence-corrected chi connectivity index (χ2v) is 5.42. The smallest absolute Gasteiger partial charge is 0.356 e. The van der Waals surface area contributed by atoms with Crippen LogP contribution in [0.2, 0.25) is 0 Å². The number of carbonyl (C=O) groups excluding carboxylic acids is 1. The Labute approximate surface area is 117 Å². The van der Waals surface area contributed by atoms with Crippen molar-refractivity contribution in [2.45, 2.75) is 6.54 Å². The minimum Gasteiger partial charge on any atom is -0.464 e. The standard InChI is InChI=1S/C12H11BrN2O2S/c1-17-12(16)11-5-9(2-3-14-11)15-6-10-4-8(13)7-18-10/h2-5,7H,6H2,1H3,(H,14,15). The van der Waals surface area contributed by atoms with Gasteiger partial charge in [0.1, 0.15) is 5.69 Å². The highest BCUT2D eigenvalue weighted by Crippen LogP contribution is 2.20. The Morgan fingerprint density at radius 3 is 3.06 bits per heavy atom. The molecule has 0 atom stereocenters. The van der Waals surface area contributed by atoms with E-state index >= 15 is 0 Å². The molecular weight excluding hydrogens is 316 g/mol. The molecular formula is C12H11BrN2O2S. The summed E-state index contributed by atoms with van der Waals surface area (Å²) >= 11 is 5.08. The van der Waals surface area contributed by atoms with Crippen LogP contribution in [0.5, 0.6) is 0 Å². The fourth-order valence-corrected chi connectivity index (χ4v) is 2.78. The summed E-state index contributed by atoms with van der Waals surface area (Å²) in [6.07, 6.45) is 1.58. The highest BCUT2D eigenvalue weighted by molar-refractivity contribution is 9.10. The molecule has 2 heterocycles. The summed E-state index contributed by atoms with van der Waals surface area (Å²) in [6.45, 7) is 0.709. The Morgan fingerprint density at radius 1 is 1.56 bits per heavy atom. The number of aromatic nitrogens is 1. The molecule has 0 aromatic carbocycles. The van der Waals surface area contributed by atoms with Gasteiger partial charge < -0.3 is 10.1 Å². The number of hydrogen-bond donors (Lipinski definition) is 1. The highest BCUT2D eigenvalue weighted by Gasteiger charge is 2.07. The maximum absolute atomic E-state index is 11.3. The van der Waals surface area contributed by atoms with Crippen molar-refractivity contribution in [2.75, 3.05) is 12.4 Å². The van der Waals surface area contributed by atoms with Crippen LogP contribution in [-0.4, -0.2) is 18.1 Å². The molecule has 0 bridgehead atoms. The first-order valence-electron chi connectivity index (χ1n) is 5.20. The molecule has 2 aromatic heterocycles. The summed E-state index contributed by atoms with van der Waals surface area (Å²) in [6, 6.07) is 5.55. The zero-order valence-electron chi connectivity index (χ0n) is 9.64. The molecule has 1 N–H and O–H groups in total. The fraction of sp³-hybridized carbons (Fsp3) is 0.167. The summed E-state index contributed by atoms with van der Waals surface area (Å²) in [5.41, 5.74) is 1.14. The van der Waals surface area contributed by atoms with Crippen molar-refractivity contribution in [3.8, 4) is 0 Å². The Hall–Kier alpha value is -1.40. The maximum Gasteiger partial charge on any atom is 0.356 e. The molecule has 0 fully saturated rings. The molecule has 0 unspecified atom stereocenters. The minimum atomic E-state index is -0.433. The second kappa shape index (κ2) is 5.97. The Balaban J connectivity index is 2.03. The number of thiophene rings is 1. The van der Waals surface area contributed by atoms with E-state index in [-0.39, 0.29) is 0 Å². The second-order valence-electron chi connectivity index (χ2n) is 3.51. The molecule has 94 valence electrons. The van der Waals surface area contributed by atoms with Crippen LogP contribution in [0.25, 0.3) is 0 Å². The van der Waals surface area contributed by atoms with Crippen molar-refractivity contribution in [3.63, 3.8) is 0 Å². The molecule has 2 aromatic rings. The molecule has 18 heavy (non-hydrogen) atoms. The quantitative estimate of drug-likeness (QED) is 0.876. The molecule has 0 aliphatic heterocycles. The van der Waals surface area contributed by atoms with Crippen molar-refractivity contribution in [3.05, 3.63) is 44.8 Å². The van der Waals surface area contributed by atoms with Crippen LogP contribution < -0.4 is 5.32 Å². The van der Waals surface area contributed by atoms with Crippen LogP contribution in [0, 0.1) is 0 Å². The number of hydrogen-bond acceptors (Lipinski definition) is 5. The van der Waals surface area contributed by atoms with Gasteiger partial charge in [0.15, 0.2) is 0 Å². The minimum absolute atomic E-state index is 0.301. The number of carbonyl (C=O) groups is 1. The van der Waals surface area contributed by atoms with Crippen LogP contribution in [0.3, 0.4) is 0 Å². The van der Waals surface area contributed by atoms with Gasteiger partial charge in [-0.25, -0.2) is 9.78 Å². The van der Waals surface area contributed by atoms with E-state index in [2.05, 4.69) is 37.0 Å². The Morgan fingerprint density at radius 2 is 2.39 bits per heavy atom. The molecule has 0 saturated heterocycles. The third-order valence-electron chi connectivity index (χ3n) is 2.24. The lowest BCUT2D eigenvalue weighted by molar-refractivity contribution is 0.0594. The molecule has 2 rings (SSSR count). The van der Waals surface area contributed by atoms with E-state index in [1.54, 1.807) is 23.6 Å². The van der Waals surface area contributed by atoms with Gasteiger partial charge in [-0.2, -0.15) is 0 Å². The van der Waals surface area contributed by atoms with Crippen molar-refractivity contribution < 1.29 is 9.53 Å². The third kappa shape index (κ3) is 3.30. The van der Waals surface area contributed by atoms with Gasteiger partial charge in [-0.15, -0.1) is 11.3 Å². The summed E-state index contributed by atoms with van der Waals surface area (Å²) in [7, 11) is 1.34. The van der Waals surface area contributed by atoms with E-state index in [9.17, 15) is 4.79 Å². The molecule has 0 aliphatic carbocycles. The van der Waals surface area contributed by atoms with Crippen molar-refractivity contribution >= 4 is 38.9 Å². The van der Waals surface area contributed by atoms with Crippen LogP contribution in [-0.2, 0) is 11.3 Å². The van der Waals surface area contributed by atoms with Gasteiger partial charge in [-0.1, -0.05) is 0 Å². The number of esters is 1. The van der Waals surface area contributed by atoms with E-state index in [1.165, 1.54) is 12.0 Å². The Kier molecular flexibility index (Phi) is 4.33. The largest absolute Gasteiger partial charge is 0.464 e. The monoisotopic (exact) mass is 326 g/mol. The van der Waals surface area contributed by atoms with Gasteiger partial charge in [0, 0.05) is 33.2 Å². The maximum atomic E-state index is 11.3. The van der Waals surface area contributed by atoms with Gasteiger partial charge in [0.2, 0.25) is 0 Å². The third-order valence-corrected chi connectivity index (χ3v) is 3.94. The molecule has 0 amide bonds. The summed E-state index contributed by atoms with van der Waals surface area (Å²) in [4.78, 5) is 16.5. The molecule has 0 radical (unpaired) electrons. The Bertz CT molecular complexity index is 557. The van der Waals surface area contributed by atoms with Gasteiger partial charge in [-0.05, 0) is 34.1 Å². The number of anilines is 1. The van der Waals surface area contributed by atoms with E-state index in [0.717, 1.165) is 10.2 Å². The van der Waals surface area contributed by atoms with Gasteiger partial charge in [-0.3, -0.25) is 0 Å². The van der Waals surface area contributed by atoms with E-state index in [4.69, 9.17) is 0 Å². The fourth-order valence-electron chi connectivity index (χ4n) is 1.39. The first-order valence-corrected chi connectivity index (χ1v) is 6.87. The number of halogens is 1. The van der Waals surface area contributed by atoms with Crippen molar-refractivity contribution in [2.24, 2.45) is 0 Å². The average molecular weight is 327 g/mol. The predicted molar refractivity (Wildman–Crippen MR) is 74.9 cm³/mol. The van der Waals surface area contributed by atoms with Crippen molar-refractivity contribution in [1.29, 1.82) is 0 Å². The first-order chi connectivity index (χ1) is 8.69. The number of ether oxygens (including phenoxy) is 1. The molecule has 4 nitrogen and oxygen atoms in total. The van der Waals surface area contributed by atoms with Crippen LogP contribution >= 0.6 is 27.3 Å². The molecule has 0 aliphatic rings. The van der Waals surface area contributed by atoms with Crippen LogP contribution in [0.1, 0.15) is 15.4 Å². The van der Waals surface area contributed by atoms with Crippen molar-refractivity contribution in [1.82, 2.24) is 4.98 Å². The summed E-state index contributed by atoms with van der Waals surface area (Å²) < 4.78 is 5.70. The lowest BCUT2D eigenvalue weighted by Gasteiger charge is -2.05. The highest BCUT2D eigenvalue weighted by atomic mass is 79.9. The topological polar surface area (TPSA) is 51.2 Å². The first kappa shape index (κ1) is 13.0. The van der Waals surface area contributed by atoms with Crippen LogP contribution in [0.4, 0.5) is 5.69 Å². The zero-order valence-corrected chi connectivity index (χ0v) is 12.0. The van der Waals surface area contributed by atoms with Gasteiger partial charge >= 0.3 is 5.97 Å². The van der Waals surface area contributed by atoms with Gasteiger partial charge in [0.05, 0.1) is 7.11 Å². The predicted octanol–water partition coefficient (Wildman–Crippen LogP) is 3.30. The van der Waals surface area contributed by atoms with E-state index < -0.39 is 5.97 Å². The number of methoxy groups -OCH3 is 1. The number of nitrogens with one attached hydrogen (secondary N) is 1. The normalized spacial score (nSPS) is 10.1. The lowest BCUT2D eigenvalue weighted by atomic mass is 10.3. The molecule has 6 heteroatoms. The SMILES string of the molecule is COC(=O)c1cc(NCc2cc(Br)cs2)ccn1. The summed E-state index contributed by atoms with van der Waals surface area (Å²) in [5, 5.41) is 5.27. The zero-order chi connectivity index (χ0) is 13.0. The average Bonchev–Trinajstić information content (AvgIpc) is 2.81. The molecule has 0 spiro atoms. The summed E-state index contributed by atoms with van der Waals surface area (Å²) in [5.74, 6) is -0.433. The van der Waals surface area contributed by atoms with Crippen LogP contribution in [0.15, 0.2) is 34.2 Å². The lowest BCUT2D eigenvalue weighted by Crippen LogP contribution is -2.05. The van der Waals surface area contributed by atoms with E-state index in [1.807, 2.05) is 11.4 Å². The molecule has 0 saturated carbocycles.